The zero-order valence-electron chi connectivity index (χ0n) is 12.1. The third-order valence-corrected chi connectivity index (χ3v) is 4.07. The average Bonchev–Trinajstić information content (AvgIpc) is 3.06. The minimum Gasteiger partial charge on any atom is -0.411 e. The Labute approximate surface area is 126 Å². The van der Waals surface area contributed by atoms with Crippen LogP contribution in [0.15, 0.2) is 38.4 Å². The minimum absolute atomic E-state index is 0.538. The number of thioether (sulfide) groups is 1. The lowest BCUT2D eigenvalue weighted by atomic mass is 10.1. The van der Waals surface area contributed by atoms with Crippen molar-refractivity contribution >= 4 is 11.8 Å². The molecule has 0 radical (unpaired) electrons. The number of hydrogen-bond donors (Lipinski definition) is 0. The van der Waals surface area contributed by atoms with Crippen molar-refractivity contribution in [3.63, 3.8) is 0 Å². The van der Waals surface area contributed by atoms with Crippen LogP contribution in [0.1, 0.15) is 22.6 Å². The van der Waals surface area contributed by atoms with Crippen LogP contribution < -0.4 is 0 Å². The molecule has 0 spiro atoms. The zero-order chi connectivity index (χ0) is 14.8. The van der Waals surface area contributed by atoms with Crippen LogP contribution in [-0.2, 0) is 5.75 Å². The van der Waals surface area contributed by atoms with Gasteiger partial charge in [0.2, 0.25) is 5.89 Å². The molecule has 5 nitrogen and oxygen atoms in total. The molecule has 3 aromatic rings. The summed E-state index contributed by atoms with van der Waals surface area (Å²) in [7, 11) is 0. The SMILES string of the molecule is Cc1ccc(-c2nnc(SCc3c(C)noc3C)o2)cc1. The Kier molecular flexibility index (Phi) is 3.79. The predicted octanol–water partition coefficient (Wildman–Crippen LogP) is 3.94. The normalized spacial score (nSPS) is 11.0. The Balaban J connectivity index is 1.72. The van der Waals surface area contributed by atoms with E-state index in [0.717, 1.165) is 22.6 Å². The molecule has 0 bridgehead atoms. The summed E-state index contributed by atoms with van der Waals surface area (Å²) in [5.41, 5.74) is 4.11. The van der Waals surface area contributed by atoms with Gasteiger partial charge in [0.05, 0.1) is 5.69 Å². The lowest BCUT2D eigenvalue weighted by Gasteiger charge is -1.96. The Morgan fingerprint density at radius 1 is 1.05 bits per heavy atom. The molecule has 0 aliphatic carbocycles. The highest BCUT2D eigenvalue weighted by Gasteiger charge is 2.13. The van der Waals surface area contributed by atoms with Crippen LogP contribution in [0.5, 0.6) is 0 Å². The standard InChI is InChI=1S/C15H15N3O2S/c1-9-4-6-12(7-5-9)14-16-17-15(19-14)21-8-13-10(2)18-20-11(13)3/h4-7H,8H2,1-3H3. The van der Waals surface area contributed by atoms with Crippen molar-refractivity contribution in [2.75, 3.05) is 0 Å². The van der Waals surface area contributed by atoms with Crippen LogP contribution in [0.4, 0.5) is 0 Å². The molecule has 0 aliphatic rings. The molecule has 0 saturated carbocycles. The van der Waals surface area contributed by atoms with Crippen LogP contribution in [0.3, 0.4) is 0 Å². The third kappa shape index (κ3) is 3.00. The number of nitrogens with zero attached hydrogens (tertiary/aromatic N) is 3. The van der Waals surface area contributed by atoms with E-state index in [0.29, 0.717) is 16.9 Å². The first-order valence-corrected chi connectivity index (χ1v) is 7.57. The summed E-state index contributed by atoms with van der Waals surface area (Å²) in [6.45, 7) is 5.88. The Hall–Kier alpha value is -2.08. The molecule has 2 heterocycles. The number of aromatic nitrogens is 3. The smallest absolute Gasteiger partial charge is 0.277 e. The van der Waals surface area contributed by atoms with Crippen molar-refractivity contribution in [2.24, 2.45) is 0 Å². The fraction of sp³-hybridized carbons (Fsp3) is 0.267. The molecule has 0 atom stereocenters. The van der Waals surface area contributed by atoms with Crippen LogP contribution in [-0.4, -0.2) is 15.4 Å². The van der Waals surface area contributed by atoms with Crippen LogP contribution in [0.25, 0.3) is 11.5 Å². The Morgan fingerprint density at radius 2 is 1.81 bits per heavy atom. The summed E-state index contributed by atoms with van der Waals surface area (Å²) in [5, 5.41) is 12.6. The molecule has 0 aliphatic heterocycles. The molecule has 3 rings (SSSR count). The van der Waals surface area contributed by atoms with Gasteiger partial charge in [-0.3, -0.25) is 0 Å². The van der Waals surface area contributed by atoms with Crippen molar-refractivity contribution in [3.05, 3.63) is 46.8 Å². The second-order valence-corrected chi connectivity index (χ2v) is 5.76. The van der Waals surface area contributed by atoms with Gasteiger partial charge < -0.3 is 8.94 Å². The second-order valence-electron chi connectivity index (χ2n) is 4.83. The average molecular weight is 301 g/mol. The highest BCUT2D eigenvalue weighted by Crippen LogP contribution is 2.27. The van der Waals surface area contributed by atoms with Crippen molar-refractivity contribution in [1.82, 2.24) is 15.4 Å². The van der Waals surface area contributed by atoms with Crippen LogP contribution >= 0.6 is 11.8 Å². The quantitative estimate of drug-likeness (QED) is 0.680. The van der Waals surface area contributed by atoms with Gasteiger partial charge in [-0.2, -0.15) is 0 Å². The van der Waals surface area contributed by atoms with E-state index >= 15 is 0 Å². The van der Waals surface area contributed by atoms with E-state index in [4.69, 9.17) is 8.94 Å². The summed E-state index contributed by atoms with van der Waals surface area (Å²) >= 11 is 1.48. The Bertz CT molecular complexity index is 727. The Morgan fingerprint density at radius 3 is 2.48 bits per heavy atom. The van der Waals surface area contributed by atoms with Crippen molar-refractivity contribution in [2.45, 2.75) is 31.7 Å². The van der Waals surface area contributed by atoms with Gasteiger partial charge >= 0.3 is 0 Å². The molecular formula is C15H15N3O2S. The first kappa shape index (κ1) is 13.9. The van der Waals surface area contributed by atoms with Gasteiger partial charge in [0.1, 0.15) is 5.76 Å². The molecule has 6 heteroatoms. The highest BCUT2D eigenvalue weighted by atomic mass is 32.2. The second kappa shape index (κ2) is 5.73. The number of hydrogen-bond acceptors (Lipinski definition) is 6. The summed E-state index contributed by atoms with van der Waals surface area (Å²) in [6.07, 6.45) is 0. The molecule has 0 saturated heterocycles. The van der Waals surface area contributed by atoms with Gasteiger partial charge in [0.15, 0.2) is 0 Å². The molecule has 0 fully saturated rings. The van der Waals surface area contributed by atoms with E-state index in [1.807, 2.05) is 45.0 Å². The lowest BCUT2D eigenvalue weighted by molar-refractivity contribution is 0.392. The van der Waals surface area contributed by atoms with Gasteiger partial charge in [-0.1, -0.05) is 34.6 Å². The number of aryl methyl sites for hydroxylation is 3. The summed E-state index contributed by atoms with van der Waals surface area (Å²) in [6, 6.07) is 8.00. The molecule has 21 heavy (non-hydrogen) atoms. The maximum atomic E-state index is 5.68. The van der Waals surface area contributed by atoms with Crippen molar-refractivity contribution in [1.29, 1.82) is 0 Å². The summed E-state index contributed by atoms with van der Waals surface area (Å²) < 4.78 is 10.8. The molecular weight excluding hydrogens is 286 g/mol. The third-order valence-electron chi connectivity index (χ3n) is 3.23. The first-order chi connectivity index (χ1) is 10.1. The number of benzene rings is 1. The molecule has 0 unspecified atom stereocenters. The van der Waals surface area contributed by atoms with Crippen LogP contribution in [0, 0.1) is 20.8 Å². The molecule has 2 aromatic heterocycles. The van der Waals surface area contributed by atoms with Gasteiger partial charge in [0.25, 0.3) is 5.22 Å². The van der Waals surface area contributed by atoms with E-state index in [2.05, 4.69) is 15.4 Å². The van der Waals surface area contributed by atoms with Gasteiger partial charge in [0, 0.05) is 16.9 Å². The van der Waals surface area contributed by atoms with E-state index in [-0.39, 0.29) is 0 Å². The van der Waals surface area contributed by atoms with E-state index in [1.54, 1.807) is 0 Å². The largest absolute Gasteiger partial charge is 0.411 e. The lowest BCUT2D eigenvalue weighted by Crippen LogP contribution is -1.84. The maximum Gasteiger partial charge on any atom is 0.277 e. The monoisotopic (exact) mass is 301 g/mol. The molecule has 108 valence electrons. The fourth-order valence-electron chi connectivity index (χ4n) is 1.92. The van der Waals surface area contributed by atoms with E-state index in [1.165, 1.54) is 17.3 Å². The predicted molar refractivity (Wildman–Crippen MR) is 80.0 cm³/mol. The zero-order valence-corrected chi connectivity index (χ0v) is 12.9. The fourth-order valence-corrected chi connectivity index (χ4v) is 2.84. The van der Waals surface area contributed by atoms with Gasteiger partial charge in [-0.25, -0.2) is 0 Å². The summed E-state index contributed by atoms with van der Waals surface area (Å²) in [5.74, 6) is 2.07. The highest BCUT2D eigenvalue weighted by molar-refractivity contribution is 7.98. The summed E-state index contributed by atoms with van der Waals surface area (Å²) in [4.78, 5) is 0. The maximum absolute atomic E-state index is 5.68. The van der Waals surface area contributed by atoms with E-state index in [9.17, 15) is 0 Å². The number of rotatable bonds is 4. The van der Waals surface area contributed by atoms with Crippen molar-refractivity contribution in [3.8, 4) is 11.5 Å². The van der Waals surface area contributed by atoms with Gasteiger partial charge in [-0.05, 0) is 32.9 Å². The first-order valence-electron chi connectivity index (χ1n) is 6.58. The van der Waals surface area contributed by atoms with Crippen LogP contribution in [0.2, 0.25) is 0 Å². The van der Waals surface area contributed by atoms with Crippen molar-refractivity contribution < 1.29 is 8.94 Å². The topological polar surface area (TPSA) is 65.0 Å². The molecule has 1 aromatic carbocycles. The van der Waals surface area contributed by atoms with Gasteiger partial charge in [-0.15, -0.1) is 10.2 Å². The molecule has 0 N–H and O–H groups in total. The van der Waals surface area contributed by atoms with E-state index < -0.39 is 0 Å². The minimum atomic E-state index is 0.538. The molecule has 0 amide bonds.